The van der Waals surface area contributed by atoms with E-state index >= 15 is 0 Å². The summed E-state index contributed by atoms with van der Waals surface area (Å²) < 4.78 is 42.4. The van der Waals surface area contributed by atoms with Crippen LogP contribution in [0.25, 0.3) is 0 Å². The molecule has 0 radical (unpaired) electrons. The minimum atomic E-state index is -0.575. The zero-order chi connectivity index (χ0) is 16.6. The minimum absolute atomic E-state index is 0.0202. The zero-order valence-electron chi connectivity index (χ0n) is 12.8. The van der Waals surface area contributed by atoms with Crippen molar-refractivity contribution in [2.24, 2.45) is 0 Å². The standard InChI is InChI=1S/C19H16F3N/c1-2-11-5-17(21)19(18(22)6-11)13-4-3-12-7-15(10-23)16(20)9-14(12)8-13/h5-7,9,13H,2-4,8H2,1H3. The summed E-state index contributed by atoms with van der Waals surface area (Å²) >= 11 is 0. The van der Waals surface area contributed by atoms with Gasteiger partial charge in [0, 0.05) is 5.56 Å². The van der Waals surface area contributed by atoms with E-state index in [1.54, 1.807) is 6.07 Å². The van der Waals surface area contributed by atoms with Crippen LogP contribution in [-0.4, -0.2) is 0 Å². The van der Waals surface area contributed by atoms with Crippen molar-refractivity contribution >= 4 is 0 Å². The third-order valence-electron chi connectivity index (χ3n) is 4.59. The molecule has 4 heteroatoms. The van der Waals surface area contributed by atoms with Gasteiger partial charge in [-0.1, -0.05) is 6.92 Å². The number of nitrogens with zero attached hydrogens (tertiary/aromatic N) is 1. The molecule has 0 spiro atoms. The van der Waals surface area contributed by atoms with Crippen LogP contribution in [-0.2, 0) is 19.3 Å². The van der Waals surface area contributed by atoms with Crippen molar-refractivity contribution in [3.63, 3.8) is 0 Å². The van der Waals surface area contributed by atoms with Gasteiger partial charge in [0.05, 0.1) is 5.56 Å². The van der Waals surface area contributed by atoms with Crippen molar-refractivity contribution in [3.05, 3.63) is 69.5 Å². The fraction of sp³-hybridized carbons (Fsp3) is 0.316. The van der Waals surface area contributed by atoms with Gasteiger partial charge in [0.25, 0.3) is 0 Å². The van der Waals surface area contributed by atoms with E-state index in [1.807, 2.05) is 13.0 Å². The van der Waals surface area contributed by atoms with Gasteiger partial charge < -0.3 is 0 Å². The van der Waals surface area contributed by atoms with Gasteiger partial charge >= 0.3 is 0 Å². The highest BCUT2D eigenvalue weighted by Gasteiger charge is 2.26. The number of halogens is 3. The van der Waals surface area contributed by atoms with E-state index < -0.39 is 17.5 Å². The van der Waals surface area contributed by atoms with Crippen LogP contribution in [0.1, 0.15) is 47.1 Å². The van der Waals surface area contributed by atoms with Crippen molar-refractivity contribution in [2.45, 2.75) is 38.5 Å². The predicted molar refractivity (Wildman–Crippen MR) is 81.6 cm³/mol. The number of hydrogen-bond acceptors (Lipinski definition) is 1. The summed E-state index contributed by atoms with van der Waals surface area (Å²) in [5.74, 6) is -1.93. The van der Waals surface area contributed by atoms with E-state index in [-0.39, 0.29) is 17.0 Å². The van der Waals surface area contributed by atoms with Gasteiger partial charge in [-0.15, -0.1) is 0 Å². The highest BCUT2D eigenvalue weighted by atomic mass is 19.1. The second-order valence-corrected chi connectivity index (χ2v) is 5.98. The van der Waals surface area contributed by atoms with E-state index in [0.29, 0.717) is 31.2 Å². The smallest absolute Gasteiger partial charge is 0.141 e. The Kier molecular flexibility index (Phi) is 4.12. The fourth-order valence-electron chi connectivity index (χ4n) is 3.34. The Labute approximate surface area is 133 Å². The summed E-state index contributed by atoms with van der Waals surface area (Å²) in [5.41, 5.74) is 2.37. The molecule has 0 bridgehead atoms. The van der Waals surface area contributed by atoms with Gasteiger partial charge in [0.15, 0.2) is 0 Å². The molecule has 0 amide bonds. The second-order valence-electron chi connectivity index (χ2n) is 5.98. The van der Waals surface area contributed by atoms with Gasteiger partial charge in [0.1, 0.15) is 23.5 Å². The SMILES string of the molecule is CCc1cc(F)c(C2CCc3cc(C#N)c(F)cc3C2)c(F)c1. The topological polar surface area (TPSA) is 23.8 Å². The van der Waals surface area contributed by atoms with Crippen LogP contribution in [0.4, 0.5) is 13.2 Å². The predicted octanol–water partition coefficient (Wildman–Crippen LogP) is 4.81. The molecule has 2 aromatic carbocycles. The number of aryl methyl sites for hydroxylation is 2. The quantitative estimate of drug-likeness (QED) is 0.780. The van der Waals surface area contributed by atoms with Gasteiger partial charge in [-0.2, -0.15) is 5.26 Å². The Morgan fingerprint density at radius 3 is 2.35 bits per heavy atom. The monoisotopic (exact) mass is 315 g/mol. The van der Waals surface area contributed by atoms with Crippen molar-refractivity contribution in [1.29, 1.82) is 5.26 Å². The molecule has 0 saturated carbocycles. The molecule has 3 rings (SSSR count). The lowest BCUT2D eigenvalue weighted by molar-refractivity contribution is 0.488. The summed E-state index contributed by atoms with van der Waals surface area (Å²) in [4.78, 5) is 0. The van der Waals surface area contributed by atoms with Gasteiger partial charge in [-0.25, -0.2) is 13.2 Å². The Hall–Kier alpha value is -2.28. The number of nitriles is 1. The van der Waals surface area contributed by atoms with Crippen LogP contribution >= 0.6 is 0 Å². The number of hydrogen-bond donors (Lipinski definition) is 0. The molecule has 1 unspecified atom stereocenters. The Morgan fingerprint density at radius 1 is 1.04 bits per heavy atom. The average Bonchev–Trinajstić information content (AvgIpc) is 2.53. The van der Waals surface area contributed by atoms with E-state index in [4.69, 9.17) is 5.26 Å². The molecule has 0 fully saturated rings. The molecule has 1 atom stereocenters. The molecule has 118 valence electrons. The van der Waals surface area contributed by atoms with Crippen LogP contribution in [0.2, 0.25) is 0 Å². The maximum absolute atomic E-state index is 14.3. The van der Waals surface area contributed by atoms with Crippen molar-refractivity contribution in [1.82, 2.24) is 0 Å². The molecule has 0 aliphatic heterocycles. The molecule has 23 heavy (non-hydrogen) atoms. The van der Waals surface area contributed by atoms with Crippen molar-refractivity contribution in [2.75, 3.05) is 0 Å². The Balaban J connectivity index is 1.97. The number of benzene rings is 2. The third-order valence-corrected chi connectivity index (χ3v) is 4.59. The lowest BCUT2D eigenvalue weighted by atomic mass is 9.79. The highest BCUT2D eigenvalue weighted by molar-refractivity contribution is 5.42. The maximum Gasteiger partial charge on any atom is 0.141 e. The summed E-state index contributed by atoms with van der Waals surface area (Å²) in [5, 5.41) is 8.88. The Bertz CT molecular complexity index is 782. The molecule has 1 aliphatic rings. The van der Waals surface area contributed by atoms with E-state index in [2.05, 4.69) is 0 Å². The molecule has 0 N–H and O–H groups in total. The van der Waals surface area contributed by atoms with Crippen molar-refractivity contribution in [3.8, 4) is 6.07 Å². The summed E-state index contributed by atoms with van der Waals surface area (Å²) in [6.45, 7) is 1.85. The van der Waals surface area contributed by atoms with Crippen LogP contribution in [0, 0.1) is 28.8 Å². The molecule has 2 aromatic rings. The second kappa shape index (κ2) is 6.08. The molecule has 0 heterocycles. The van der Waals surface area contributed by atoms with Crippen LogP contribution in [0.5, 0.6) is 0 Å². The zero-order valence-corrected chi connectivity index (χ0v) is 12.8. The van der Waals surface area contributed by atoms with Crippen LogP contribution in [0.3, 0.4) is 0 Å². The summed E-state index contributed by atoms with van der Waals surface area (Å²) in [6, 6.07) is 7.47. The molecule has 0 saturated heterocycles. The lowest BCUT2D eigenvalue weighted by Gasteiger charge is -2.26. The third kappa shape index (κ3) is 2.84. The number of fused-ring (bicyclic) bond motifs is 1. The molecule has 1 aliphatic carbocycles. The first kappa shape index (κ1) is 15.6. The first-order valence-corrected chi connectivity index (χ1v) is 7.72. The highest BCUT2D eigenvalue weighted by Crippen LogP contribution is 2.36. The minimum Gasteiger partial charge on any atom is -0.207 e. The first-order chi connectivity index (χ1) is 11.0. The largest absolute Gasteiger partial charge is 0.207 e. The van der Waals surface area contributed by atoms with Gasteiger partial charge in [-0.05, 0) is 72.6 Å². The normalized spacial score (nSPS) is 16.7. The summed E-state index contributed by atoms with van der Waals surface area (Å²) in [7, 11) is 0. The molecular weight excluding hydrogens is 299 g/mol. The summed E-state index contributed by atoms with van der Waals surface area (Å²) in [6.07, 6.45) is 2.13. The molecule has 1 nitrogen and oxygen atoms in total. The fourth-order valence-corrected chi connectivity index (χ4v) is 3.34. The first-order valence-electron chi connectivity index (χ1n) is 7.72. The van der Waals surface area contributed by atoms with Gasteiger partial charge in [0.2, 0.25) is 0 Å². The van der Waals surface area contributed by atoms with Crippen LogP contribution in [0.15, 0.2) is 24.3 Å². The molecule has 0 aromatic heterocycles. The van der Waals surface area contributed by atoms with E-state index in [9.17, 15) is 13.2 Å². The van der Waals surface area contributed by atoms with Gasteiger partial charge in [-0.3, -0.25) is 0 Å². The van der Waals surface area contributed by atoms with Crippen molar-refractivity contribution < 1.29 is 13.2 Å². The Morgan fingerprint density at radius 2 is 1.74 bits per heavy atom. The maximum atomic E-state index is 14.3. The van der Waals surface area contributed by atoms with E-state index in [0.717, 1.165) is 11.1 Å². The number of rotatable bonds is 2. The lowest BCUT2D eigenvalue weighted by Crippen LogP contribution is -2.16. The van der Waals surface area contributed by atoms with E-state index in [1.165, 1.54) is 18.2 Å². The average molecular weight is 315 g/mol. The molecular formula is C19H16F3N. The van der Waals surface area contributed by atoms with Crippen LogP contribution < -0.4 is 0 Å².